The van der Waals surface area contributed by atoms with Gasteiger partial charge in [-0.1, -0.05) is 24.9 Å². The van der Waals surface area contributed by atoms with Crippen molar-refractivity contribution in [3.05, 3.63) is 11.2 Å². The SMILES string of the molecule is CCCNc1ncc(Cl)c(N2CC3CCCC3C2)n1. The van der Waals surface area contributed by atoms with Gasteiger partial charge in [0.25, 0.3) is 0 Å². The number of nitrogens with zero attached hydrogens (tertiary/aromatic N) is 3. The number of aromatic nitrogens is 2. The minimum atomic E-state index is 0.669. The number of halogens is 1. The molecule has 1 N–H and O–H groups in total. The fourth-order valence-corrected chi connectivity index (χ4v) is 3.52. The average molecular weight is 281 g/mol. The second-order valence-electron chi connectivity index (χ2n) is 5.65. The molecule has 0 amide bonds. The van der Waals surface area contributed by atoms with Crippen molar-refractivity contribution >= 4 is 23.4 Å². The minimum Gasteiger partial charge on any atom is -0.355 e. The molecule has 19 heavy (non-hydrogen) atoms. The zero-order valence-corrected chi connectivity index (χ0v) is 12.2. The molecule has 4 nitrogen and oxygen atoms in total. The van der Waals surface area contributed by atoms with Crippen LogP contribution in [0.3, 0.4) is 0 Å². The number of hydrogen-bond donors (Lipinski definition) is 1. The van der Waals surface area contributed by atoms with Crippen LogP contribution < -0.4 is 10.2 Å². The van der Waals surface area contributed by atoms with Crippen molar-refractivity contribution in [1.29, 1.82) is 0 Å². The van der Waals surface area contributed by atoms with E-state index in [1.807, 2.05) is 0 Å². The Bertz CT molecular complexity index is 439. The van der Waals surface area contributed by atoms with Gasteiger partial charge in [0.2, 0.25) is 5.95 Å². The molecule has 1 aliphatic heterocycles. The summed E-state index contributed by atoms with van der Waals surface area (Å²) >= 11 is 6.27. The maximum absolute atomic E-state index is 6.27. The Morgan fingerprint density at radius 2 is 2.11 bits per heavy atom. The minimum absolute atomic E-state index is 0.669. The third-order valence-electron chi connectivity index (χ3n) is 4.28. The van der Waals surface area contributed by atoms with E-state index in [-0.39, 0.29) is 0 Å². The molecule has 1 aromatic heterocycles. The van der Waals surface area contributed by atoms with E-state index < -0.39 is 0 Å². The van der Waals surface area contributed by atoms with Crippen LogP contribution in [0.5, 0.6) is 0 Å². The Balaban J connectivity index is 1.76. The molecular formula is C14H21ClN4. The van der Waals surface area contributed by atoms with E-state index in [4.69, 9.17) is 11.6 Å². The number of anilines is 2. The van der Waals surface area contributed by atoms with Crippen molar-refractivity contribution in [1.82, 2.24) is 9.97 Å². The number of fused-ring (bicyclic) bond motifs is 1. The first kappa shape index (κ1) is 13.0. The van der Waals surface area contributed by atoms with E-state index in [0.29, 0.717) is 11.0 Å². The maximum atomic E-state index is 6.27. The highest BCUT2D eigenvalue weighted by atomic mass is 35.5. The quantitative estimate of drug-likeness (QED) is 0.920. The lowest BCUT2D eigenvalue weighted by molar-refractivity contribution is 0.494. The molecule has 0 radical (unpaired) electrons. The van der Waals surface area contributed by atoms with E-state index in [0.717, 1.165) is 43.7 Å². The van der Waals surface area contributed by atoms with E-state index in [9.17, 15) is 0 Å². The van der Waals surface area contributed by atoms with Crippen molar-refractivity contribution in [2.24, 2.45) is 11.8 Å². The molecule has 2 unspecified atom stereocenters. The lowest BCUT2D eigenvalue weighted by atomic mass is 10.0. The van der Waals surface area contributed by atoms with Crippen LogP contribution in [0.1, 0.15) is 32.6 Å². The summed E-state index contributed by atoms with van der Waals surface area (Å²) in [6.45, 7) is 5.24. The van der Waals surface area contributed by atoms with Crippen molar-refractivity contribution in [3.8, 4) is 0 Å². The topological polar surface area (TPSA) is 41.1 Å². The third kappa shape index (κ3) is 2.64. The van der Waals surface area contributed by atoms with Crippen molar-refractivity contribution in [3.63, 3.8) is 0 Å². The summed E-state index contributed by atoms with van der Waals surface area (Å²) in [4.78, 5) is 11.2. The van der Waals surface area contributed by atoms with E-state index in [1.54, 1.807) is 6.20 Å². The van der Waals surface area contributed by atoms with E-state index >= 15 is 0 Å². The van der Waals surface area contributed by atoms with Gasteiger partial charge in [-0.2, -0.15) is 4.98 Å². The molecule has 0 bridgehead atoms. The lowest BCUT2D eigenvalue weighted by Gasteiger charge is -2.20. The fraction of sp³-hybridized carbons (Fsp3) is 0.714. The molecule has 0 spiro atoms. The molecule has 3 rings (SSSR count). The van der Waals surface area contributed by atoms with Gasteiger partial charge in [0.15, 0.2) is 5.82 Å². The molecule has 1 saturated heterocycles. The Hall–Kier alpha value is -1.03. The number of rotatable bonds is 4. The summed E-state index contributed by atoms with van der Waals surface area (Å²) in [5.74, 6) is 3.29. The molecule has 5 heteroatoms. The number of hydrogen-bond acceptors (Lipinski definition) is 4. The number of nitrogens with one attached hydrogen (secondary N) is 1. The summed E-state index contributed by atoms with van der Waals surface area (Å²) in [6.07, 6.45) is 6.91. The Morgan fingerprint density at radius 3 is 2.79 bits per heavy atom. The first-order valence-electron chi connectivity index (χ1n) is 7.29. The maximum Gasteiger partial charge on any atom is 0.224 e. The summed E-state index contributed by atoms with van der Waals surface area (Å²) in [5.41, 5.74) is 0. The largest absolute Gasteiger partial charge is 0.355 e. The van der Waals surface area contributed by atoms with Gasteiger partial charge in [-0.05, 0) is 31.1 Å². The van der Waals surface area contributed by atoms with Crippen LogP contribution in [0.15, 0.2) is 6.20 Å². The normalized spacial score (nSPS) is 25.7. The molecule has 0 aromatic carbocycles. The molecule has 2 aliphatic rings. The second-order valence-corrected chi connectivity index (χ2v) is 6.06. The van der Waals surface area contributed by atoms with Crippen LogP contribution in [0.4, 0.5) is 11.8 Å². The van der Waals surface area contributed by atoms with Gasteiger partial charge < -0.3 is 10.2 Å². The Labute approximate surface area is 119 Å². The molecule has 1 aromatic rings. The van der Waals surface area contributed by atoms with Gasteiger partial charge in [-0.25, -0.2) is 4.98 Å². The molecule has 2 atom stereocenters. The predicted octanol–water partition coefficient (Wildman–Crippen LogP) is 3.19. The van der Waals surface area contributed by atoms with Gasteiger partial charge >= 0.3 is 0 Å². The molecule has 1 aliphatic carbocycles. The Kier molecular flexibility index (Phi) is 3.78. The van der Waals surface area contributed by atoms with Crippen LogP contribution in [-0.4, -0.2) is 29.6 Å². The lowest BCUT2D eigenvalue weighted by Crippen LogP contribution is -2.23. The van der Waals surface area contributed by atoms with E-state index in [2.05, 4.69) is 27.1 Å². The first-order chi connectivity index (χ1) is 9.28. The van der Waals surface area contributed by atoms with Crippen LogP contribution in [-0.2, 0) is 0 Å². The molecule has 2 heterocycles. The molecule has 1 saturated carbocycles. The van der Waals surface area contributed by atoms with Gasteiger partial charge in [0, 0.05) is 19.6 Å². The van der Waals surface area contributed by atoms with Crippen LogP contribution in [0.25, 0.3) is 0 Å². The van der Waals surface area contributed by atoms with Crippen LogP contribution in [0.2, 0.25) is 5.02 Å². The van der Waals surface area contributed by atoms with Crippen LogP contribution in [0, 0.1) is 11.8 Å². The molecule has 2 fully saturated rings. The third-order valence-corrected chi connectivity index (χ3v) is 4.55. The standard InChI is InChI=1S/C14H21ClN4/c1-2-6-16-14-17-7-12(15)13(18-14)19-8-10-4-3-5-11(10)9-19/h7,10-11H,2-6,8-9H2,1H3,(H,16,17,18). The van der Waals surface area contributed by atoms with Gasteiger partial charge in [0.05, 0.1) is 6.20 Å². The highest BCUT2D eigenvalue weighted by Crippen LogP contribution is 2.40. The predicted molar refractivity (Wildman–Crippen MR) is 78.9 cm³/mol. The summed E-state index contributed by atoms with van der Waals surface area (Å²) in [6, 6.07) is 0. The zero-order valence-electron chi connectivity index (χ0n) is 11.4. The summed E-state index contributed by atoms with van der Waals surface area (Å²) in [7, 11) is 0. The Morgan fingerprint density at radius 1 is 1.37 bits per heavy atom. The van der Waals surface area contributed by atoms with E-state index in [1.165, 1.54) is 19.3 Å². The van der Waals surface area contributed by atoms with Gasteiger partial charge in [-0.15, -0.1) is 0 Å². The highest BCUT2D eigenvalue weighted by Gasteiger charge is 2.37. The van der Waals surface area contributed by atoms with Gasteiger partial charge in [0.1, 0.15) is 5.02 Å². The second kappa shape index (κ2) is 5.53. The highest BCUT2D eigenvalue weighted by molar-refractivity contribution is 6.32. The van der Waals surface area contributed by atoms with Crippen molar-refractivity contribution in [2.75, 3.05) is 29.9 Å². The summed E-state index contributed by atoms with van der Waals surface area (Å²) < 4.78 is 0. The fourth-order valence-electron chi connectivity index (χ4n) is 3.31. The smallest absolute Gasteiger partial charge is 0.224 e. The first-order valence-corrected chi connectivity index (χ1v) is 7.67. The van der Waals surface area contributed by atoms with Crippen molar-refractivity contribution < 1.29 is 0 Å². The monoisotopic (exact) mass is 280 g/mol. The summed E-state index contributed by atoms with van der Waals surface area (Å²) in [5, 5.41) is 3.90. The van der Waals surface area contributed by atoms with Gasteiger partial charge in [-0.3, -0.25) is 0 Å². The average Bonchev–Trinajstić information content (AvgIpc) is 2.98. The van der Waals surface area contributed by atoms with Crippen LogP contribution >= 0.6 is 11.6 Å². The molecule has 104 valence electrons. The van der Waals surface area contributed by atoms with Crippen molar-refractivity contribution in [2.45, 2.75) is 32.6 Å². The zero-order chi connectivity index (χ0) is 13.2. The molecular weight excluding hydrogens is 260 g/mol.